The molecule has 1 amide bonds. The van der Waals surface area contributed by atoms with Crippen LogP contribution in [0.5, 0.6) is 5.75 Å². The lowest BCUT2D eigenvalue weighted by Crippen LogP contribution is -2.36. The number of rotatable bonds is 7. The summed E-state index contributed by atoms with van der Waals surface area (Å²) in [6, 6.07) is 11.9. The van der Waals surface area contributed by atoms with Crippen LogP contribution in [0.25, 0.3) is 0 Å². The highest BCUT2D eigenvalue weighted by atomic mass is 16.5. The maximum absolute atomic E-state index is 12.4. The van der Waals surface area contributed by atoms with Crippen LogP contribution in [0, 0.1) is 0 Å². The van der Waals surface area contributed by atoms with Crippen LogP contribution < -0.4 is 10.1 Å². The zero-order valence-corrected chi connectivity index (χ0v) is 14.6. The maximum atomic E-state index is 12.4. The van der Waals surface area contributed by atoms with Crippen molar-refractivity contribution < 1.29 is 9.53 Å². The van der Waals surface area contributed by atoms with Gasteiger partial charge in [0.2, 0.25) is 0 Å². The highest BCUT2D eigenvalue weighted by Gasteiger charge is 2.24. The molecule has 1 fully saturated rings. The van der Waals surface area contributed by atoms with Gasteiger partial charge in [-0.05, 0) is 62.7 Å². The van der Waals surface area contributed by atoms with Crippen molar-refractivity contribution >= 4 is 5.91 Å². The van der Waals surface area contributed by atoms with E-state index < -0.39 is 0 Å². The lowest BCUT2D eigenvalue weighted by Gasteiger charge is -2.28. The molecule has 0 spiro atoms. The average molecular weight is 339 g/mol. The summed E-state index contributed by atoms with van der Waals surface area (Å²) in [4.78, 5) is 18.8. The Kier molecular flexibility index (Phi) is 6.01. The second kappa shape index (κ2) is 8.62. The molecular weight excluding hydrogens is 314 g/mol. The van der Waals surface area contributed by atoms with Gasteiger partial charge in [0.05, 0.1) is 12.6 Å². The van der Waals surface area contributed by atoms with E-state index in [-0.39, 0.29) is 11.9 Å². The third-order valence-electron chi connectivity index (χ3n) is 4.56. The summed E-state index contributed by atoms with van der Waals surface area (Å²) in [7, 11) is 0. The lowest BCUT2D eigenvalue weighted by atomic mass is 10.0. The molecule has 0 bridgehead atoms. The van der Waals surface area contributed by atoms with E-state index in [0.717, 1.165) is 18.8 Å². The standard InChI is InChI=1S/C20H25N3O2/c1-2-25-18-7-5-16(6-8-18)19(23-13-3-4-14-23)15-22-20(24)17-9-11-21-12-10-17/h5-12,19H,2-4,13-15H2,1H3,(H,22,24). The van der Waals surface area contributed by atoms with E-state index in [1.165, 1.54) is 18.4 Å². The number of nitrogens with zero attached hydrogens (tertiary/aromatic N) is 2. The molecule has 1 unspecified atom stereocenters. The number of carbonyl (C=O) groups excluding carboxylic acids is 1. The van der Waals surface area contributed by atoms with Crippen LogP contribution in [0.15, 0.2) is 48.8 Å². The van der Waals surface area contributed by atoms with Crippen LogP contribution >= 0.6 is 0 Å². The predicted molar refractivity (Wildman–Crippen MR) is 97.7 cm³/mol. The molecule has 2 heterocycles. The molecule has 5 nitrogen and oxygen atoms in total. The maximum Gasteiger partial charge on any atom is 0.251 e. The van der Waals surface area contributed by atoms with Crippen molar-refractivity contribution in [3.05, 3.63) is 59.9 Å². The Labute approximate surface area is 149 Å². The third-order valence-corrected chi connectivity index (χ3v) is 4.56. The fourth-order valence-electron chi connectivity index (χ4n) is 3.26. The number of nitrogens with one attached hydrogen (secondary N) is 1. The van der Waals surface area contributed by atoms with Crippen LogP contribution in [0.1, 0.15) is 41.7 Å². The fraction of sp³-hybridized carbons (Fsp3) is 0.400. The number of amides is 1. The number of benzene rings is 1. The fourth-order valence-corrected chi connectivity index (χ4v) is 3.26. The van der Waals surface area contributed by atoms with Gasteiger partial charge in [-0.2, -0.15) is 0 Å². The van der Waals surface area contributed by atoms with E-state index in [2.05, 4.69) is 27.3 Å². The molecule has 3 rings (SSSR count). The first-order valence-electron chi connectivity index (χ1n) is 8.93. The van der Waals surface area contributed by atoms with Gasteiger partial charge in [0.1, 0.15) is 5.75 Å². The van der Waals surface area contributed by atoms with E-state index in [1.807, 2.05) is 19.1 Å². The van der Waals surface area contributed by atoms with Crippen molar-refractivity contribution in [2.75, 3.05) is 26.2 Å². The van der Waals surface area contributed by atoms with Gasteiger partial charge in [-0.25, -0.2) is 0 Å². The number of aromatic nitrogens is 1. The van der Waals surface area contributed by atoms with Crippen molar-refractivity contribution in [3.63, 3.8) is 0 Å². The highest BCUT2D eigenvalue weighted by molar-refractivity contribution is 5.93. The first-order chi connectivity index (χ1) is 12.3. The SMILES string of the molecule is CCOc1ccc(C(CNC(=O)c2ccncc2)N2CCCC2)cc1. The summed E-state index contributed by atoms with van der Waals surface area (Å²) < 4.78 is 5.53. The van der Waals surface area contributed by atoms with Crippen LogP contribution in [0.3, 0.4) is 0 Å². The molecule has 0 radical (unpaired) electrons. The zero-order chi connectivity index (χ0) is 17.5. The Balaban J connectivity index is 1.70. The van der Waals surface area contributed by atoms with E-state index >= 15 is 0 Å². The smallest absolute Gasteiger partial charge is 0.251 e. The van der Waals surface area contributed by atoms with Crippen molar-refractivity contribution in [2.24, 2.45) is 0 Å². The topological polar surface area (TPSA) is 54.5 Å². The number of pyridine rings is 1. The molecule has 1 saturated heterocycles. The van der Waals surface area contributed by atoms with Crippen molar-refractivity contribution in [2.45, 2.75) is 25.8 Å². The molecule has 1 aromatic carbocycles. The summed E-state index contributed by atoms with van der Waals surface area (Å²) in [5, 5.41) is 3.07. The molecule has 2 aromatic rings. The monoisotopic (exact) mass is 339 g/mol. The molecule has 1 N–H and O–H groups in total. The molecule has 1 aliphatic rings. The van der Waals surface area contributed by atoms with Gasteiger partial charge in [-0.15, -0.1) is 0 Å². The van der Waals surface area contributed by atoms with E-state index in [4.69, 9.17) is 4.74 Å². The highest BCUT2D eigenvalue weighted by Crippen LogP contribution is 2.26. The molecule has 0 aliphatic carbocycles. The van der Waals surface area contributed by atoms with Crippen LogP contribution in [-0.4, -0.2) is 42.0 Å². The van der Waals surface area contributed by atoms with Gasteiger partial charge in [-0.1, -0.05) is 12.1 Å². The average Bonchev–Trinajstić information content (AvgIpc) is 3.18. The van der Waals surface area contributed by atoms with Gasteiger partial charge in [0, 0.05) is 24.5 Å². The Morgan fingerprint density at radius 3 is 2.48 bits per heavy atom. The summed E-state index contributed by atoms with van der Waals surface area (Å²) in [6.45, 7) is 5.38. The number of carbonyl (C=O) groups is 1. The van der Waals surface area contributed by atoms with Crippen molar-refractivity contribution in [1.29, 1.82) is 0 Å². The zero-order valence-electron chi connectivity index (χ0n) is 14.6. The Morgan fingerprint density at radius 2 is 1.84 bits per heavy atom. The van der Waals surface area contributed by atoms with E-state index in [0.29, 0.717) is 18.7 Å². The van der Waals surface area contributed by atoms with E-state index in [1.54, 1.807) is 24.5 Å². The Morgan fingerprint density at radius 1 is 1.16 bits per heavy atom. The number of hydrogen-bond acceptors (Lipinski definition) is 4. The second-order valence-electron chi connectivity index (χ2n) is 6.21. The normalized spacial score (nSPS) is 15.7. The Bertz CT molecular complexity index is 667. The minimum atomic E-state index is -0.0578. The van der Waals surface area contributed by atoms with Crippen LogP contribution in [0.4, 0.5) is 0 Å². The molecule has 1 aliphatic heterocycles. The Hall–Kier alpha value is -2.40. The van der Waals surface area contributed by atoms with Crippen molar-refractivity contribution in [1.82, 2.24) is 15.2 Å². The van der Waals surface area contributed by atoms with Crippen LogP contribution in [-0.2, 0) is 0 Å². The molecule has 5 heteroatoms. The summed E-state index contributed by atoms with van der Waals surface area (Å²) in [6.07, 6.45) is 5.70. The number of likely N-dealkylation sites (tertiary alicyclic amines) is 1. The summed E-state index contributed by atoms with van der Waals surface area (Å²) in [5.41, 5.74) is 1.85. The largest absolute Gasteiger partial charge is 0.494 e. The molecule has 25 heavy (non-hydrogen) atoms. The number of hydrogen-bond donors (Lipinski definition) is 1. The third kappa shape index (κ3) is 4.57. The molecule has 132 valence electrons. The second-order valence-corrected chi connectivity index (χ2v) is 6.21. The van der Waals surface area contributed by atoms with Crippen molar-refractivity contribution in [3.8, 4) is 5.75 Å². The van der Waals surface area contributed by atoms with Gasteiger partial charge in [-0.3, -0.25) is 14.7 Å². The summed E-state index contributed by atoms with van der Waals surface area (Å²) >= 11 is 0. The van der Waals surface area contributed by atoms with E-state index in [9.17, 15) is 4.79 Å². The first-order valence-corrected chi connectivity index (χ1v) is 8.93. The number of ether oxygens (including phenoxy) is 1. The quantitative estimate of drug-likeness (QED) is 0.842. The summed E-state index contributed by atoms with van der Waals surface area (Å²) in [5.74, 6) is 0.824. The molecular formula is C20H25N3O2. The van der Waals surface area contributed by atoms with Gasteiger partial charge in [0.15, 0.2) is 0 Å². The van der Waals surface area contributed by atoms with Gasteiger partial charge >= 0.3 is 0 Å². The van der Waals surface area contributed by atoms with Gasteiger partial charge in [0.25, 0.3) is 5.91 Å². The van der Waals surface area contributed by atoms with Crippen LogP contribution in [0.2, 0.25) is 0 Å². The molecule has 1 atom stereocenters. The van der Waals surface area contributed by atoms with Gasteiger partial charge < -0.3 is 10.1 Å². The minimum Gasteiger partial charge on any atom is -0.494 e. The first kappa shape index (κ1) is 17.4. The molecule has 1 aromatic heterocycles. The molecule has 0 saturated carbocycles. The lowest BCUT2D eigenvalue weighted by molar-refractivity contribution is 0.0937. The predicted octanol–water partition coefficient (Wildman–Crippen LogP) is 3.05. The minimum absolute atomic E-state index is 0.0578.